The fourth-order valence-corrected chi connectivity index (χ4v) is 4.76. The number of para-hydroxylation sites is 1. The number of hydrogen-bond acceptors (Lipinski definition) is 4. The molecule has 1 aromatic heterocycles. The summed E-state index contributed by atoms with van der Waals surface area (Å²) in [5.41, 5.74) is 5.57. The van der Waals surface area contributed by atoms with Crippen molar-refractivity contribution in [2.24, 2.45) is 5.92 Å². The van der Waals surface area contributed by atoms with E-state index in [1.54, 1.807) is 0 Å². The fraction of sp³-hybridized carbons (Fsp3) is 0.448. The Bertz CT molecular complexity index is 1210. The molecule has 3 aromatic rings. The first-order valence-electron chi connectivity index (χ1n) is 13.1. The van der Waals surface area contributed by atoms with E-state index >= 15 is 0 Å². The van der Waals surface area contributed by atoms with Crippen LogP contribution in [0.15, 0.2) is 48.5 Å². The maximum Gasteiger partial charge on any atom is 0.227 e. The Balaban J connectivity index is 1.72. The molecule has 0 unspecified atom stereocenters. The molecular weight excluding hydrogens is 450 g/mol. The number of hydrogen-bond donors (Lipinski definition) is 1. The number of anilines is 1. The molecule has 0 spiro atoms. The normalized spacial score (nSPS) is 12.6. The van der Waals surface area contributed by atoms with Crippen LogP contribution in [0, 0.1) is 5.92 Å². The van der Waals surface area contributed by atoms with Crippen LogP contribution in [0.4, 0.5) is 5.69 Å². The Morgan fingerprint density at radius 3 is 2.42 bits per heavy atom. The molecule has 1 N–H and O–H groups in total. The third-order valence-corrected chi connectivity index (χ3v) is 6.50. The first kappa shape index (κ1) is 25.6. The van der Waals surface area contributed by atoms with Crippen molar-refractivity contribution in [1.29, 1.82) is 0 Å². The van der Waals surface area contributed by atoms with E-state index in [2.05, 4.69) is 35.5 Å². The van der Waals surface area contributed by atoms with Gasteiger partial charge in [-0.1, -0.05) is 74.4 Å². The summed E-state index contributed by atoms with van der Waals surface area (Å²) in [5, 5.41) is 12.1. The molecule has 2 amide bonds. The van der Waals surface area contributed by atoms with Gasteiger partial charge in [-0.3, -0.25) is 9.59 Å². The van der Waals surface area contributed by atoms with Crippen LogP contribution in [0.5, 0.6) is 0 Å². The van der Waals surface area contributed by atoms with E-state index in [9.17, 15) is 9.59 Å². The van der Waals surface area contributed by atoms with Gasteiger partial charge in [-0.05, 0) is 37.8 Å². The Kier molecular flexibility index (Phi) is 8.18. The van der Waals surface area contributed by atoms with Gasteiger partial charge in [-0.15, -0.1) is 5.10 Å². The summed E-state index contributed by atoms with van der Waals surface area (Å²) >= 11 is 0. The molecule has 2 heterocycles. The Labute approximate surface area is 213 Å². The molecule has 1 aliphatic heterocycles. The number of amides is 2. The van der Waals surface area contributed by atoms with Crippen LogP contribution in [0.2, 0.25) is 0 Å². The van der Waals surface area contributed by atoms with Gasteiger partial charge in [-0.2, -0.15) is 0 Å². The highest BCUT2D eigenvalue weighted by Crippen LogP contribution is 2.41. The highest BCUT2D eigenvalue weighted by atomic mass is 16.2. The molecule has 0 atom stereocenters. The number of fused-ring (bicyclic) bond motifs is 5. The highest BCUT2D eigenvalue weighted by Gasteiger charge is 2.29. The zero-order valence-electron chi connectivity index (χ0n) is 21.8. The van der Waals surface area contributed by atoms with Crippen molar-refractivity contribution in [3.05, 3.63) is 54.1 Å². The van der Waals surface area contributed by atoms with Gasteiger partial charge in [-0.25, -0.2) is 4.68 Å². The Morgan fingerprint density at radius 1 is 0.944 bits per heavy atom. The van der Waals surface area contributed by atoms with E-state index in [4.69, 9.17) is 0 Å². The maximum absolute atomic E-state index is 13.5. The standard InChI is InChI=1S/C29H37N5O2/c1-20(2)11-9-10-18-34-29-24-14-7-8-15-25(24)33(27(36)17-16-26(35)30-21(3)4)19-22-12-5-6-13-23(22)28(29)31-32-34/h5-8,12-15,20-21H,9-11,16-19H2,1-4H3,(H,30,35). The first-order chi connectivity index (χ1) is 17.3. The first-order valence-corrected chi connectivity index (χ1v) is 13.1. The number of nitrogens with one attached hydrogen (secondary N) is 1. The number of aromatic nitrogens is 3. The van der Waals surface area contributed by atoms with Gasteiger partial charge in [0.2, 0.25) is 11.8 Å². The van der Waals surface area contributed by atoms with Gasteiger partial charge in [0.05, 0.1) is 17.9 Å². The van der Waals surface area contributed by atoms with Gasteiger partial charge in [0.15, 0.2) is 0 Å². The second-order valence-electron chi connectivity index (χ2n) is 10.3. The van der Waals surface area contributed by atoms with Gasteiger partial charge < -0.3 is 10.2 Å². The molecule has 1 aliphatic rings. The molecule has 36 heavy (non-hydrogen) atoms. The summed E-state index contributed by atoms with van der Waals surface area (Å²) in [5.74, 6) is 0.497. The molecule has 190 valence electrons. The minimum absolute atomic E-state index is 0.0497. The largest absolute Gasteiger partial charge is 0.354 e. The van der Waals surface area contributed by atoms with E-state index in [1.165, 1.54) is 6.42 Å². The molecule has 0 radical (unpaired) electrons. The Hall–Kier alpha value is -3.48. The summed E-state index contributed by atoms with van der Waals surface area (Å²) < 4.78 is 2.00. The summed E-state index contributed by atoms with van der Waals surface area (Å²) in [6.45, 7) is 9.52. The zero-order valence-corrected chi connectivity index (χ0v) is 21.8. The lowest BCUT2D eigenvalue weighted by molar-refractivity contribution is -0.125. The average Bonchev–Trinajstić information content (AvgIpc) is 3.25. The predicted octanol–water partition coefficient (Wildman–Crippen LogP) is 5.59. The van der Waals surface area contributed by atoms with Crippen LogP contribution in [0.25, 0.3) is 22.5 Å². The number of carbonyl (C=O) groups excluding carboxylic acids is 2. The van der Waals surface area contributed by atoms with Gasteiger partial charge in [0.1, 0.15) is 5.69 Å². The summed E-state index contributed by atoms with van der Waals surface area (Å²) in [4.78, 5) is 27.6. The van der Waals surface area contributed by atoms with Crippen molar-refractivity contribution < 1.29 is 9.59 Å². The molecule has 2 aromatic carbocycles. The summed E-state index contributed by atoms with van der Waals surface area (Å²) in [6, 6.07) is 16.1. The number of carbonyl (C=O) groups is 2. The molecule has 4 rings (SSSR count). The number of rotatable bonds is 9. The van der Waals surface area contributed by atoms with Crippen LogP contribution in [-0.4, -0.2) is 32.9 Å². The lowest BCUT2D eigenvalue weighted by atomic mass is 9.95. The van der Waals surface area contributed by atoms with Crippen LogP contribution >= 0.6 is 0 Å². The van der Waals surface area contributed by atoms with Crippen LogP contribution in [0.3, 0.4) is 0 Å². The minimum atomic E-state index is -0.106. The number of nitrogens with zero attached hydrogens (tertiary/aromatic N) is 4. The third-order valence-electron chi connectivity index (χ3n) is 6.50. The van der Waals surface area contributed by atoms with E-state index < -0.39 is 0 Å². The molecular formula is C29H37N5O2. The van der Waals surface area contributed by atoms with E-state index in [1.807, 2.05) is 65.9 Å². The van der Waals surface area contributed by atoms with Crippen LogP contribution < -0.4 is 10.2 Å². The van der Waals surface area contributed by atoms with E-state index in [-0.39, 0.29) is 30.7 Å². The van der Waals surface area contributed by atoms with E-state index in [0.717, 1.165) is 53.2 Å². The smallest absolute Gasteiger partial charge is 0.227 e. The molecule has 0 bridgehead atoms. The van der Waals surface area contributed by atoms with Crippen LogP contribution in [-0.2, 0) is 22.7 Å². The highest BCUT2D eigenvalue weighted by molar-refractivity contribution is 6.01. The van der Waals surface area contributed by atoms with Gasteiger partial charge >= 0.3 is 0 Å². The lowest BCUT2D eigenvalue weighted by Gasteiger charge is -2.29. The summed E-state index contributed by atoms with van der Waals surface area (Å²) in [6.07, 6.45) is 3.65. The molecule has 0 saturated heterocycles. The van der Waals surface area contributed by atoms with Crippen LogP contribution in [0.1, 0.15) is 65.4 Å². The fourth-order valence-electron chi connectivity index (χ4n) is 4.76. The summed E-state index contributed by atoms with van der Waals surface area (Å²) in [7, 11) is 0. The molecule has 0 fully saturated rings. The third kappa shape index (κ3) is 5.83. The second kappa shape index (κ2) is 11.5. The van der Waals surface area contributed by atoms with Crippen molar-refractivity contribution >= 4 is 17.5 Å². The SMILES string of the molecule is CC(C)CCCCn1nnc2c1-c1ccccc1N(C(=O)CCC(=O)NC(C)C)Cc1ccccc1-2. The molecule has 7 heteroatoms. The quantitative estimate of drug-likeness (QED) is 0.399. The monoisotopic (exact) mass is 487 g/mol. The van der Waals surface area contributed by atoms with Crippen molar-refractivity contribution in [3.63, 3.8) is 0 Å². The molecule has 0 aliphatic carbocycles. The zero-order chi connectivity index (χ0) is 25.7. The minimum Gasteiger partial charge on any atom is -0.354 e. The second-order valence-corrected chi connectivity index (χ2v) is 10.3. The Morgan fingerprint density at radius 2 is 1.67 bits per heavy atom. The molecule has 7 nitrogen and oxygen atoms in total. The van der Waals surface area contributed by atoms with E-state index in [0.29, 0.717) is 12.5 Å². The number of unbranched alkanes of at least 4 members (excludes halogenated alkanes) is 1. The topological polar surface area (TPSA) is 80.1 Å². The van der Waals surface area contributed by atoms with Gasteiger partial charge in [0.25, 0.3) is 0 Å². The average molecular weight is 488 g/mol. The number of benzene rings is 2. The molecule has 0 saturated carbocycles. The number of aryl methyl sites for hydroxylation is 1. The van der Waals surface area contributed by atoms with Crippen molar-refractivity contribution in [2.75, 3.05) is 4.90 Å². The maximum atomic E-state index is 13.5. The lowest BCUT2D eigenvalue weighted by Crippen LogP contribution is -2.34. The van der Waals surface area contributed by atoms with Crippen molar-refractivity contribution in [2.45, 2.75) is 78.9 Å². The van der Waals surface area contributed by atoms with Gasteiger partial charge in [0, 0.05) is 36.6 Å². The van der Waals surface area contributed by atoms with Crippen molar-refractivity contribution in [3.8, 4) is 22.5 Å². The predicted molar refractivity (Wildman–Crippen MR) is 143 cm³/mol. The van der Waals surface area contributed by atoms with Crippen molar-refractivity contribution in [1.82, 2.24) is 20.3 Å².